The number of esters is 1. The molecule has 1 unspecified atom stereocenters. The van der Waals surface area contributed by atoms with Crippen molar-refractivity contribution < 1.29 is 19.4 Å². The van der Waals surface area contributed by atoms with Gasteiger partial charge in [-0.3, -0.25) is 9.59 Å². The number of carbonyl (C=O) groups excluding carboxylic acids is 1. The van der Waals surface area contributed by atoms with Crippen molar-refractivity contribution in [1.29, 1.82) is 0 Å². The van der Waals surface area contributed by atoms with Crippen LogP contribution in [0.1, 0.15) is 181 Å². The summed E-state index contributed by atoms with van der Waals surface area (Å²) in [6, 6.07) is 0. The molecule has 0 spiro atoms. The molecule has 4 nitrogen and oxygen atoms in total. The lowest BCUT2D eigenvalue weighted by molar-refractivity contribution is -0.153. The van der Waals surface area contributed by atoms with Crippen LogP contribution in [0.15, 0.2) is 12.2 Å². The maximum atomic E-state index is 12.2. The molecule has 37 heavy (non-hydrogen) atoms. The number of hydrogen-bond donors (Lipinski definition) is 1. The number of allylic oxidation sites excluding steroid dienone is 2. The van der Waals surface area contributed by atoms with Gasteiger partial charge in [0.25, 0.3) is 0 Å². The fraction of sp³-hybridized carbons (Fsp3) is 0.879. The molecule has 218 valence electrons. The number of carboxylic acids is 1. The van der Waals surface area contributed by atoms with Crippen LogP contribution in [0.5, 0.6) is 0 Å². The Morgan fingerprint density at radius 3 is 1.46 bits per heavy atom. The van der Waals surface area contributed by atoms with Gasteiger partial charge in [-0.05, 0) is 44.9 Å². The van der Waals surface area contributed by atoms with E-state index in [0.717, 1.165) is 38.5 Å². The van der Waals surface area contributed by atoms with E-state index in [0.29, 0.717) is 12.8 Å². The third kappa shape index (κ3) is 29.1. The van der Waals surface area contributed by atoms with Crippen LogP contribution in [0.25, 0.3) is 0 Å². The van der Waals surface area contributed by atoms with E-state index in [-0.39, 0.29) is 12.4 Å². The van der Waals surface area contributed by atoms with Crippen LogP contribution < -0.4 is 0 Å². The van der Waals surface area contributed by atoms with Gasteiger partial charge >= 0.3 is 11.9 Å². The minimum atomic E-state index is -0.883. The second-order valence-electron chi connectivity index (χ2n) is 11.0. The van der Waals surface area contributed by atoms with Gasteiger partial charge in [0.2, 0.25) is 0 Å². The Bertz CT molecular complexity index is 528. The van der Waals surface area contributed by atoms with Gasteiger partial charge in [0, 0.05) is 6.42 Å². The third-order valence-corrected chi connectivity index (χ3v) is 7.22. The monoisotopic (exact) mass is 522 g/mol. The molecule has 0 bridgehead atoms. The zero-order valence-corrected chi connectivity index (χ0v) is 24.8. The van der Waals surface area contributed by atoms with E-state index in [1.807, 2.05) is 0 Å². The molecule has 1 atom stereocenters. The Labute approximate surface area is 230 Å². The summed E-state index contributed by atoms with van der Waals surface area (Å²) in [7, 11) is 0. The Hall–Kier alpha value is -1.32. The Balaban J connectivity index is 3.69. The second kappa shape index (κ2) is 29.2. The minimum Gasteiger partial charge on any atom is -0.481 e. The summed E-state index contributed by atoms with van der Waals surface area (Å²) in [6.07, 6.45) is 33.6. The van der Waals surface area contributed by atoms with Gasteiger partial charge < -0.3 is 9.84 Å². The number of unbranched alkanes of at least 4 members (excludes halogenated alkanes) is 20. The van der Waals surface area contributed by atoms with E-state index in [1.54, 1.807) is 0 Å². The van der Waals surface area contributed by atoms with E-state index in [9.17, 15) is 14.7 Å². The smallest absolute Gasteiger partial charge is 0.307 e. The largest absolute Gasteiger partial charge is 0.481 e. The van der Waals surface area contributed by atoms with Crippen LogP contribution in [0, 0.1) is 0 Å². The maximum absolute atomic E-state index is 12.2. The standard InChI is InChI=1S/C33H62O4/c1-3-5-7-9-11-13-15-16-17-18-19-21-23-25-27-29-33(36)37-31(30-32(34)35)28-26-24-22-20-14-12-10-8-6-4-2/h16-17,31H,3-15,18-30H2,1-2H3,(H,34,35)/b17-16-. The molecule has 0 amide bonds. The van der Waals surface area contributed by atoms with Crippen molar-refractivity contribution in [3.63, 3.8) is 0 Å². The van der Waals surface area contributed by atoms with Gasteiger partial charge in [0.05, 0.1) is 6.42 Å². The van der Waals surface area contributed by atoms with Gasteiger partial charge in [-0.25, -0.2) is 0 Å². The van der Waals surface area contributed by atoms with Crippen LogP contribution in [0.3, 0.4) is 0 Å². The van der Waals surface area contributed by atoms with E-state index >= 15 is 0 Å². The van der Waals surface area contributed by atoms with E-state index in [4.69, 9.17) is 4.74 Å². The normalized spacial score (nSPS) is 12.3. The van der Waals surface area contributed by atoms with Crippen LogP contribution in [-0.4, -0.2) is 23.1 Å². The summed E-state index contributed by atoms with van der Waals surface area (Å²) in [6.45, 7) is 4.50. The first kappa shape index (κ1) is 35.7. The third-order valence-electron chi connectivity index (χ3n) is 7.22. The van der Waals surface area contributed by atoms with Crippen molar-refractivity contribution in [3.05, 3.63) is 12.2 Å². The molecule has 0 aromatic heterocycles. The Morgan fingerprint density at radius 1 is 0.595 bits per heavy atom. The molecule has 0 rings (SSSR count). The van der Waals surface area contributed by atoms with Gasteiger partial charge in [0.1, 0.15) is 6.10 Å². The number of aliphatic carboxylic acids is 1. The van der Waals surface area contributed by atoms with Crippen LogP contribution in [-0.2, 0) is 14.3 Å². The van der Waals surface area contributed by atoms with Crippen molar-refractivity contribution >= 4 is 11.9 Å². The van der Waals surface area contributed by atoms with E-state index < -0.39 is 12.1 Å². The number of rotatable bonds is 29. The molecule has 0 aliphatic carbocycles. The Morgan fingerprint density at radius 2 is 1.00 bits per heavy atom. The lowest BCUT2D eigenvalue weighted by atomic mass is 10.0. The molecule has 4 heteroatoms. The lowest BCUT2D eigenvalue weighted by Crippen LogP contribution is -2.21. The minimum absolute atomic E-state index is 0.0739. The van der Waals surface area contributed by atoms with Crippen molar-refractivity contribution in [3.8, 4) is 0 Å². The van der Waals surface area contributed by atoms with E-state index in [1.165, 1.54) is 109 Å². The zero-order valence-electron chi connectivity index (χ0n) is 24.8. The van der Waals surface area contributed by atoms with Gasteiger partial charge in [0.15, 0.2) is 0 Å². The lowest BCUT2D eigenvalue weighted by Gasteiger charge is -2.16. The zero-order chi connectivity index (χ0) is 27.2. The predicted octanol–water partition coefficient (Wildman–Crippen LogP) is 10.7. The highest BCUT2D eigenvalue weighted by molar-refractivity contribution is 5.71. The molecule has 0 aliphatic heterocycles. The molecular formula is C33H62O4. The average molecular weight is 523 g/mol. The molecule has 0 fully saturated rings. The number of carboxylic acid groups (broad SMARTS) is 1. The second-order valence-corrected chi connectivity index (χ2v) is 11.0. The van der Waals surface area contributed by atoms with Gasteiger partial charge in [-0.2, -0.15) is 0 Å². The Kier molecular flexibility index (Phi) is 28.2. The fourth-order valence-electron chi connectivity index (χ4n) is 4.84. The van der Waals surface area contributed by atoms with Gasteiger partial charge in [-0.1, -0.05) is 135 Å². The fourth-order valence-corrected chi connectivity index (χ4v) is 4.84. The van der Waals surface area contributed by atoms with Crippen LogP contribution >= 0.6 is 0 Å². The first-order valence-corrected chi connectivity index (χ1v) is 16.2. The summed E-state index contributed by atoms with van der Waals surface area (Å²) < 4.78 is 5.53. The summed E-state index contributed by atoms with van der Waals surface area (Å²) in [5.74, 6) is -1.11. The number of ether oxygens (including phenoxy) is 1. The number of hydrogen-bond acceptors (Lipinski definition) is 3. The van der Waals surface area contributed by atoms with Gasteiger partial charge in [-0.15, -0.1) is 0 Å². The van der Waals surface area contributed by atoms with Crippen molar-refractivity contribution in [2.24, 2.45) is 0 Å². The molecule has 0 aromatic rings. The van der Waals surface area contributed by atoms with Crippen molar-refractivity contribution in [2.75, 3.05) is 0 Å². The summed E-state index contributed by atoms with van der Waals surface area (Å²) in [5, 5.41) is 9.18. The molecule has 0 heterocycles. The summed E-state index contributed by atoms with van der Waals surface area (Å²) in [5.41, 5.74) is 0. The quantitative estimate of drug-likeness (QED) is 0.0602. The summed E-state index contributed by atoms with van der Waals surface area (Å²) in [4.78, 5) is 23.4. The maximum Gasteiger partial charge on any atom is 0.307 e. The molecular weight excluding hydrogens is 460 g/mol. The SMILES string of the molecule is CCCCCCCC/C=C\CCCCCCCC(=O)OC(CCCCCCCCCCCC)CC(=O)O. The molecule has 0 saturated heterocycles. The highest BCUT2D eigenvalue weighted by Crippen LogP contribution is 2.16. The first-order chi connectivity index (χ1) is 18.1. The molecule has 0 aliphatic rings. The highest BCUT2D eigenvalue weighted by Gasteiger charge is 2.17. The predicted molar refractivity (Wildman–Crippen MR) is 158 cm³/mol. The van der Waals surface area contributed by atoms with Crippen LogP contribution in [0.4, 0.5) is 0 Å². The summed E-state index contributed by atoms with van der Waals surface area (Å²) >= 11 is 0. The highest BCUT2D eigenvalue weighted by atomic mass is 16.5. The van der Waals surface area contributed by atoms with E-state index in [2.05, 4.69) is 26.0 Å². The molecule has 1 N–H and O–H groups in total. The first-order valence-electron chi connectivity index (χ1n) is 16.2. The topological polar surface area (TPSA) is 63.6 Å². The molecule has 0 saturated carbocycles. The molecule has 0 radical (unpaired) electrons. The number of carbonyl (C=O) groups is 2. The molecule has 0 aromatic carbocycles. The van der Waals surface area contributed by atoms with Crippen molar-refractivity contribution in [1.82, 2.24) is 0 Å². The van der Waals surface area contributed by atoms with Crippen molar-refractivity contribution in [2.45, 2.75) is 187 Å². The average Bonchev–Trinajstić information content (AvgIpc) is 2.87. The van der Waals surface area contributed by atoms with Crippen LogP contribution in [0.2, 0.25) is 0 Å².